The Morgan fingerprint density at radius 3 is 2.71 bits per heavy atom. The second kappa shape index (κ2) is 5.55. The molecule has 1 aromatic heterocycles. The molecular formula is C18H10FN3OS. The Labute approximate surface area is 141 Å². The molecule has 0 fully saturated rings. The standard InChI is InChI=1S/C18H10FN3OS/c19-17-5-10(1-2-11(17)6-20)12-3-14(13-7-22-24-9-13)16-8-21-18(23)15(16)4-12/h1-5,7,9H,8H2,(H,21,23). The predicted molar refractivity (Wildman–Crippen MR) is 88.8 cm³/mol. The number of benzene rings is 2. The number of hydrogen-bond donors (Lipinski definition) is 1. The fourth-order valence-corrected chi connectivity index (χ4v) is 3.41. The van der Waals surface area contributed by atoms with Crippen LogP contribution in [0.1, 0.15) is 21.5 Å². The molecule has 0 aliphatic carbocycles. The Hall–Kier alpha value is -3.04. The van der Waals surface area contributed by atoms with Crippen molar-refractivity contribution in [2.45, 2.75) is 6.54 Å². The molecule has 2 aromatic carbocycles. The lowest BCUT2D eigenvalue weighted by Crippen LogP contribution is -2.12. The Balaban J connectivity index is 1.93. The fourth-order valence-electron chi connectivity index (χ4n) is 2.88. The van der Waals surface area contributed by atoms with Gasteiger partial charge in [0.2, 0.25) is 0 Å². The molecule has 0 atom stereocenters. The quantitative estimate of drug-likeness (QED) is 0.776. The normalized spacial score (nSPS) is 12.6. The van der Waals surface area contributed by atoms with Gasteiger partial charge in [-0.3, -0.25) is 4.79 Å². The molecule has 0 bridgehead atoms. The molecule has 24 heavy (non-hydrogen) atoms. The summed E-state index contributed by atoms with van der Waals surface area (Å²) in [7, 11) is 0. The van der Waals surface area contributed by atoms with E-state index in [1.807, 2.05) is 17.5 Å². The molecule has 1 amide bonds. The monoisotopic (exact) mass is 335 g/mol. The van der Waals surface area contributed by atoms with E-state index in [1.165, 1.54) is 23.7 Å². The summed E-state index contributed by atoms with van der Waals surface area (Å²) in [6.45, 7) is 0.474. The summed E-state index contributed by atoms with van der Waals surface area (Å²) in [5, 5.41) is 13.6. The van der Waals surface area contributed by atoms with Crippen molar-refractivity contribution in [3.8, 4) is 28.3 Å². The maximum absolute atomic E-state index is 14.0. The number of aromatic nitrogens is 1. The molecule has 0 saturated carbocycles. The van der Waals surface area contributed by atoms with Crippen molar-refractivity contribution in [1.29, 1.82) is 5.26 Å². The number of amides is 1. The summed E-state index contributed by atoms with van der Waals surface area (Å²) in [4.78, 5) is 12.1. The van der Waals surface area contributed by atoms with Crippen LogP contribution >= 0.6 is 11.5 Å². The van der Waals surface area contributed by atoms with E-state index in [0.717, 1.165) is 22.3 Å². The lowest BCUT2D eigenvalue weighted by Gasteiger charge is -2.10. The summed E-state index contributed by atoms with van der Waals surface area (Å²) >= 11 is 1.34. The van der Waals surface area contributed by atoms with Crippen LogP contribution in [0.2, 0.25) is 0 Å². The summed E-state index contributed by atoms with van der Waals surface area (Å²) < 4.78 is 18.1. The molecule has 116 valence electrons. The van der Waals surface area contributed by atoms with Crippen LogP contribution in [-0.4, -0.2) is 10.3 Å². The van der Waals surface area contributed by atoms with Gasteiger partial charge in [0.25, 0.3) is 5.91 Å². The van der Waals surface area contributed by atoms with Crippen LogP contribution in [0.4, 0.5) is 4.39 Å². The predicted octanol–water partition coefficient (Wildman–Crippen LogP) is 3.73. The molecule has 2 heterocycles. The van der Waals surface area contributed by atoms with Crippen LogP contribution < -0.4 is 5.32 Å². The van der Waals surface area contributed by atoms with Crippen LogP contribution in [0, 0.1) is 17.1 Å². The van der Waals surface area contributed by atoms with E-state index in [-0.39, 0.29) is 11.5 Å². The van der Waals surface area contributed by atoms with Crippen LogP contribution in [0.25, 0.3) is 22.3 Å². The van der Waals surface area contributed by atoms with Crippen molar-refractivity contribution in [3.05, 3.63) is 64.4 Å². The third-order valence-corrected chi connectivity index (χ3v) is 4.67. The highest BCUT2D eigenvalue weighted by Gasteiger charge is 2.24. The number of nitrogens with zero attached hydrogens (tertiary/aromatic N) is 2. The van der Waals surface area contributed by atoms with Crippen molar-refractivity contribution in [1.82, 2.24) is 9.69 Å². The van der Waals surface area contributed by atoms with Crippen LogP contribution in [0.15, 0.2) is 41.9 Å². The van der Waals surface area contributed by atoms with Gasteiger partial charge >= 0.3 is 0 Å². The van der Waals surface area contributed by atoms with Gasteiger partial charge < -0.3 is 5.32 Å². The second-order valence-electron chi connectivity index (χ2n) is 5.45. The highest BCUT2D eigenvalue weighted by molar-refractivity contribution is 7.03. The van der Waals surface area contributed by atoms with Crippen LogP contribution in [0.3, 0.4) is 0 Å². The summed E-state index contributed by atoms with van der Waals surface area (Å²) in [6.07, 6.45) is 1.76. The molecule has 6 heteroatoms. The van der Waals surface area contributed by atoms with Gasteiger partial charge in [0, 0.05) is 29.2 Å². The van der Waals surface area contributed by atoms with Crippen molar-refractivity contribution >= 4 is 17.4 Å². The van der Waals surface area contributed by atoms with E-state index in [9.17, 15) is 9.18 Å². The zero-order valence-corrected chi connectivity index (χ0v) is 13.2. The SMILES string of the molecule is N#Cc1ccc(-c2cc3c(c(-c4cnsc4)c2)CNC3=O)cc1F. The average molecular weight is 335 g/mol. The zero-order chi connectivity index (χ0) is 16.7. The van der Waals surface area contributed by atoms with Crippen molar-refractivity contribution in [2.24, 2.45) is 0 Å². The molecule has 1 aliphatic heterocycles. The number of nitrogens with one attached hydrogen (secondary N) is 1. The van der Waals surface area contributed by atoms with Crippen molar-refractivity contribution in [2.75, 3.05) is 0 Å². The molecule has 1 N–H and O–H groups in total. The third kappa shape index (κ3) is 2.27. The molecule has 0 saturated heterocycles. The molecule has 0 spiro atoms. The maximum atomic E-state index is 14.0. The Kier molecular flexibility index (Phi) is 3.36. The van der Waals surface area contributed by atoms with Gasteiger partial charge in [0.15, 0.2) is 0 Å². The van der Waals surface area contributed by atoms with E-state index >= 15 is 0 Å². The molecule has 0 unspecified atom stereocenters. The molecule has 4 nitrogen and oxygen atoms in total. The van der Waals surface area contributed by atoms with Gasteiger partial charge in [-0.05, 0) is 58.1 Å². The Morgan fingerprint density at radius 1 is 1.17 bits per heavy atom. The number of carbonyl (C=O) groups is 1. The molecule has 0 radical (unpaired) electrons. The largest absolute Gasteiger partial charge is 0.348 e. The number of nitriles is 1. The van der Waals surface area contributed by atoms with Crippen LogP contribution in [0.5, 0.6) is 0 Å². The van der Waals surface area contributed by atoms with Gasteiger partial charge in [-0.2, -0.15) is 5.26 Å². The lowest BCUT2D eigenvalue weighted by atomic mass is 9.93. The number of rotatable bonds is 2. The number of carbonyl (C=O) groups excluding carboxylic acids is 1. The first-order valence-electron chi connectivity index (χ1n) is 7.22. The number of halogens is 1. The highest BCUT2D eigenvalue weighted by atomic mass is 32.1. The van der Waals surface area contributed by atoms with Gasteiger partial charge in [0.05, 0.1) is 5.56 Å². The Morgan fingerprint density at radius 2 is 2.00 bits per heavy atom. The minimum absolute atomic E-state index is 0.0000823. The molecule has 4 rings (SSSR count). The second-order valence-corrected chi connectivity index (χ2v) is 6.11. The fraction of sp³-hybridized carbons (Fsp3) is 0.0556. The summed E-state index contributed by atoms with van der Waals surface area (Å²) in [6, 6.07) is 9.97. The van der Waals surface area contributed by atoms with Crippen molar-refractivity contribution < 1.29 is 9.18 Å². The van der Waals surface area contributed by atoms with Crippen LogP contribution in [-0.2, 0) is 6.54 Å². The maximum Gasteiger partial charge on any atom is 0.251 e. The van der Waals surface area contributed by atoms with E-state index in [1.54, 1.807) is 18.3 Å². The first-order valence-corrected chi connectivity index (χ1v) is 8.06. The smallest absolute Gasteiger partial charge is 0.251 e. The van der Waals surface area contributed by atoms with E-state index < -0.39 is 5.82 Å². The zero-order valence-electron chi connectivity index (χ0n) is 12.3. The molecular weight excluding hydrogens is 325 g/mol. The molecule has 3 aromatic rings. The minimum atomic E-state index is -0.571. The first-order chi connectivity index (χ1) is 11.7. The lowest BCUT2D eigenvalue weighted by molar-refractivity contribution is 0.0966. The molecule has 1 aliphatic rings. The van der Waals surface area contributed by atoms with E-state index in [2.05, 4.69) is 9.69 Å². The third-order valence-electron chi connectivity index (χ3n) is 4.09. The summed E-state index contributed by atoms with van der Waals surface area (Å²) in [5.41, 5.74) is 4.73. The number of fused-ring (bicyclic) bond motifs is 1. The number of hydrogen-bond acceptors (Lipinski definition) is 4. The van der Waals surface area contributed by atoms with Crippen molar-refractivity contribution in [3.63, 3.8) is 0 Å². The first kappa shape index (κ1) is 14.5. The van der Waals surface area contributed by atoms with Gasteiger partial charge in [0.1, 0.15) is 11.9 Å². The summed E-state index contributed by atoms with van der Waals surface area (Å²) in [5.74, 6) is -0.705. The topological polar surface area (TPSA) is 65.8 Å². The average Bonchev–Trinajstić information content (AvgIpc) is 3.24. The van der Waals surface area contributed by atoms with Gasteiger partial charge in [-0.1, -0.05) is 6.07 Å². The van der Waals surface area contributed by atoms with E-state index in [0.29, 0.717) is 17.7 Å². The van der Waals surface area contributed by atoms with Gasteiger partial charge in [-0.15, -0.1) is 0 Å². The highest BCUT2D eigenvalue weighted by Crippen LogP contribution is 2.35. The van der Waals surface area contributed by atoms with E-state index in [4.69, 9.17) is 5.26 Å². The minimum Gasteiger partial charge on any atom is -0.348 e. The van der Waals surface area contributed by atoms with Gasteiger partial charge in [-0.25, -0.2) is 8.76 Å². The Bertz CT molecular complexity index is 1010.